The fraction of sp³-hybridized carbons (Fsp3) is 0.750. The maximum absolute atomic E-state index is 11.7. The van der Waals surface area contributed by atoms with E-state index in [4.69, 9.17) is 9.47 Å². The molecule has 0 bridgehead atoms. The summed E-state index contributed by atoms with van der Waals surface area (Å²) in [5, 5.41) is 3.15. The monoisotopic (exact) mass is 374 g/mol. The van der Waals surface area contributed by atoms with E-state index in [2.05, 4.69) is 20.2 Å². The number of hydrogen-bond acceptors (Lipinski definition) is 6. The summed E-state index contributed by atoms with van der Waals surface area (Å²) in [6, 6.07) is 0.550. The number of amides is 1. The van der Waals surface area contributed by atoms with Crippen molar-refractivity contribution in [1.82, 2.24) is 20.2 Å². The molecule has 1 saturated heterocycles. The molecule has 27 heavy (non-hydrogen) atoms. The van der Waals surface area contributed by atoms with Crippen LogP contribution in [0.5, 0.6) is 6.01 Å². The average molecular weight is 374 g/mol. The molecular weight excluding hydrogens is 344 g/mol. The highest BCUT2D eigenvalue weighted by Gasteiger charge is 2.43. The molecule has 4 rings (SSSR count). The van der Waals surface area contributed by atoms with Crippen LogP contribution in [0.25, 0.3) is 0 Å². The van der Waals surface area contributed by atoms with Gasteiger partial charge in [-0.1, -0.05) is 0 Å². The lowest BCUT2D eigenvalue weighted by Crippen LogP contribution is -2.50. The van der Waals surface area contributed by atoms with Crippen molar-refractivity contribution in [2.75, 3.05) is 26.8 Å². The van der Waals surface area contributed by atoms with Gasteiger partial charge in [0.1, 0.15) is 0 Å². The second kappa shape index (κ2) is 8.10. The number of methoxy groups -OCH3 is 1. The number of rotatable bonds is 7. The number of nitrogens with one attached hydrogen (secondary N) is 1. The molecule has 1 amide bonds. The van der Waals surface area contributed by atoms with E-state index in [0.717, 1.165) is 50.6 Å². The Labute approximate surface area is 160 Å². The van der Waals surface area contributed by atoms with Crippen LogP contribution in [0.2, 0.25) is 0 Å². The Morgan fingerprint density at radius 1 is 1.22 bits per heavy atom. The first-order chi connectivity index (χ1) is 13.1. The van der Waals surface area contributed by atoms with Crippen molar-refractivity contribution in [2.24, 2.45) is 17.8 Å². The van der Waals surface area contributed by atoms with Crippen LogP contribution in [0.1, 0.15) is 38.2 Å². The Kier molecular flexibility index (Phi) is 5.59. The van der Waals surface area contributed by atoms with Crippen molar-refractivity contribution in [3.05, 3.63) is 18.0 Å². The first kappa shape index (κ1) is 18.6. The summed E-state index contributed by atoms with van der Waals surface area (Å²) in [6.45, 7) is 5.45. The zero-order valence-electron chi connectivity index (χ0n) is 16.3. The predicted octanol–water partition coefficient (Wildman–Crippen LogP) is 1.63. The summed E-state index contributed by atoms with van der Waals surface area (Å²) in [5.74, 6) is 2.04. The molecular formula is C20H30N4O3. The molecule has 2 saturated carbocycles. The lowest BCUT2D eigenvalue weighted by Gasteiger charge is -2.38. The lowest BCUT2D eigenvalue weighted by atomic mass is 9.77. The standard InChI is InChI=1S/C20H30N4O3/c1-13(25)23-18-5-16-10-24(9-15-7-21-20(26-2)22-8-15)11-17(16)6-19(18)27-12-14-3-4-14/h7-8,14,16-19H,3-6,9-12H2,1-2H3,(H,23,25)/t16-,17+,18-,19-/m1/s1. The lowest BCUT2D eigenvalue weighted by molar-refractivity contribution is -0.122. The second-order valence-corrected chi connectivity index (χ2v) is 8.39. The van der Waals surface area contributed by atoms with E-state index in [1.807, 2.05) is 12.4 Å². The zero-order valence-corrected chi connectivity index (χ0v) is 16.3. The van der Waals surface area contributed by atoms with Crippen molar-refractivity contribution in [3.8, 4) is 6.01 Å². The number of aromatic nitrogens is 2. The SMILES string of the molecule is COc1ncc(CN2C[C@H]3C[C@@H](NC(C)=O)[C@H](OCC4CC4)C[C@H]3C2)cn1. The fourth-order valence-electron chi connectivity index (χ4n) is 4.57. The molecule has 1 aromatic heterocycles. The molecule has 1 aliphatic heterocycles. The minimum atomic E-state index is 0.0451. The molecule has 4 atom stereocenters. The van der Waals surface area contributed by atoms with E-state index in [1.165, 1.54) is 12.8 Å². The van der Waals surface area contributed by atoms with Gasteiger partial charge in [-0.25, -0.2) is 9.97 Å². The van der Waals surface area contributed by atoms with Gasteiger partial charge in [-0.15, -0.1) is 0 Å². The van der Waals surface area contributed by atoms with Gasteiger partial charge in [-0.3, -0.25) is 9.69 Å². The smallest absolute Gasteiger partial charge is 0.316 e. The Hall–Kier alpha value is -1.73. The van der Waals surface area contributed by atoms with Gasteiger partial charge < -0.3 is 14.8 Å². The van der Waals surface area contributed by atoms with Crippen LogP contribution in [0.4, 0.5) is 0 Å². The number of carbonyl (C=O) groups is 1. The van der Waals surface area contributed by atoms with Crippen LogP contribution in [0, 0.1) is 17.8 Å². The third kappa shape index (κ3) is 4.76. The van der Waals surface area contributed by atoms with Gasteiger partial charge >= 0.3 is 6.01 Å². The third-order valence-corrected chi connectivity index (χ3v) is 6.09. The minimum Gasteiger partial charge on any atom is -0.467 e. The molecule has 7 heteroatoms. The van der Waals surface area contributed by atoms with E-state index in [1.54, 1.807) is 14.0 Å². The summed E-state index contributed by atoms with van der Waals surface area (Å²) in [7, 11) is 1.58. The van der Waals surface area contributed by atoms with E-state index in [0.29, 0.717) is 17.8 Å². The topological polar surface area (TPSA) is 76.6 Å². The largest absolute Gasteiger partial charge is 0.467 e. The van der Waals surface area contributed by atoms with Crippen LogP contribution in [-0.2, 0) is 16.1 Å². The summed E-state index contributed by atoms with van der Waals surface area (Å²) in [5.41, 5.74) is 1.11. The van der Waals surface area contributed by atoms with Crippen LogP contribution in [0.15, 0.2) is 12.4 Å². The van der Waals surface area contributed by atoms with Gasteiger partial charge in [0.25, 0.3) is 0 Å². The number of fused-ring (bicyclic) bond motifs is 1. The first-order valence-electron chi connectivity index (χ1n) is 10.1. The van der Waals surface area contributed by atoms with Gasteiger partial charge in [-0.2, -0.15) is 0 Å². The van der Waals surface area contributed by atoms with Crippen LogP contribution >= 0.6 is 0 Å². The summed E-state index contributed by atoms with van der Waals surface area (Å²) in [4.78, 5) is 22.5. The molecule has 3 fully saturated rings. The molecule has 0 spiro atoms. The van der Waals surface area contributed by atoms with Crippen LogP contribution in [0.3, 0.4) is 0 Å². The molecule has 2 aliphatic carbocycles. The molecule has 3 aliphatic rings. The van der Waals surface area contributed by atoms with Crippen molar-refractivity contribution >= 4 is 5.91 Å². The van der Waals surface area contributed by atoms with Gasteiger partial charge in [0.05, 0.1) is 19.3 Å². The van der Waals surface area contributed by atoms with Crippen molar-refractivity contribution in [1.29, 1.82) is 0 Å². The van der Waals surface area contributed by atoms with Crippen molar-refractivity contribution in [2.45, 2.75) is 51.3 Å². The molecule has 0 unspecified atom stereocenters. The highest BCUT2D eigenvalue weighted by molar-refractivity contribution is 5.73. The molecule has 2 heterocycles. The number of likely N-dealkylation sites (tertiary alicyclic amines) is 1. The zero-order chi connectivity index (χ0) is 18.8. The van der Waals surface area contributed by atoms with E-state index < -0.39 is 0 Å². The maximum atomic E-state index is 11.7. The molecule has 1 aromatic rings. The van der Waals surface area contributed by atoms with Crippen molar-refractivity contribution < 1.29 is 14.3 Å². The van der Waals surface area contributed by atoms with Crippen LogP contribution < -0.4 is 10.1 Å². The Balaban J connectivity index is 1.36. The highest BCUT2D eigenvalue weighted by Crippen LogP contribution is 2.39. The number of carbonyl (C=O) groups excluding carboxylic acids is 1. The fourth-order valence-corrected chi connectivity index (χ4v) is 4.57. The summed E-state index contributed by atoms with van der Waals surface area (Å²) in [6.07, 6.45) is 8.47. The Morgan fingerprint density at radius 2 is 1.93 bits per heavy atom. The molecule has 148 valence electrons. The molecule has 0 radical (unpaired) electrons. The number of nitrogens with zero attached hydrogens (tertiary/aromatic N) is 3. The average Bonchev–Trinajstić information content (AvgIpc) is 3.40. The van der Waals surface area contributed by atoms with Gasteiger partial charge in [0.2, 0.25) is 5.91 Å². The van der Waals surface area contributed by atoms with Gasteiger partial charge in [0.15, 0.2) is 0 Å². The van der Waals surface area contributed by atoms with E-state index >= 15 is 0 Å². The second-order valence-electron chi connectivity index (χ2n) is 8.39. The molecule has 1 N–H and O–H groups in total. The Bertz CT molecular complexity index is 649. The summed E-state index contributed by atoms with van der Waals surface area (Å²) < 4.78 is 11.3. The van der Waals surface area contributed by atoms with Gasteiger partial charge in [0, 0.05) is 51.1 Å². The van der Waals surface area contributed by atoms with E-state index in [9.17, 15) is 4.79 Å². The number of ether oxygens (including phenoxy) is 2. The molecule has 0 aromatic carbocycles. The van der Waals surface area contributed by atoms with Crippen LogP contribution in [-0.4, -0.2) is 59.7 Å². The van der Waals surface area contributed by atoms with E-state index in [-0.39, 0.29) is 18.1 Å². The third-order valence-electron chi connectivity index (χ3n) is 6.09. The maximum Gasteiger partial charge on any atom is 0.316 e. The predicted molar refractivity (Wildman–Crippen MR) is 100 cm³/mol. The minimum absolute atomic E-state index is 0.0451. The quantitative estimate of drug-likeness (QED) is 0.782. The normalized spacial score (nSPS) is 30.7. The first-order valence-corrected chi connectivity index (χ1v) is 10.1. The summed E-state index contributed by atoms with van der Waals surface area (Å²) >= 11 is 0. The molecule has 7 nitrogen and oxygen atoms in total. The van der Waals surface area contributed by atoms with Gasteiger partial charge in [-0.05, 0) is 43.4 Å². The van der Waals surface area contributed by atoms with Crippen molar-refractivity contribution in [3.63, 3.8) is 0 Å². The Morgan fingerprint density at radius 3 is 2.56 bits per heavy atom. The number of hydrogen-bond donors (Lipinski definition) is 1. The highest BCUT2D eigenvalue weighted by atomic mass is 16.5.